The van der Waals surface area contributed by atoms with Crippen LogP contribution in [0.5, 0.6) is 0 Å². The first-order valence-electron chi connectivity index (χ1n) is 9.41. The van der Waals surface area contributed by atoms with E-state index in [1.807, 2.05) is 4.90 Å². The van der Waals surface area contributed by atoms with E-state index in [9.17, 15) is 12.8 Å². The Kier molecular flexibility index (Phi) is 6.29. The summed E-state index contributed by atoms with van der Waals surface area (Å²) in [6.07, 6.45) is 0. The van der Waals surface area contributed by atoms with Gasteiger partial charge in [0.05, 0.1) is 15.7 Å². The van der Waals surface area contributed by atoms with Gasteiger partial charge in [-0.05, 0) is 30.3 Å². The second kappa shape index (κ2) is 8.96. The van der Waals surface area contributed by atoms with Crippen molar-refractivity contribution >= 4 is 44.9 Å². The standard InChI is InChI=1S/C20H18Cl2FN5O2S/c21-14-7-8-16(25-20(14)13-3-1-4-15(23)19(13)22)27-31(29,30)18-6-2-5-17(26-18)28-11-9-24-10-12-28/h1-8,24H,9-12H2,(H,25,27). The van der Waals surface area contributed by atoms with E-state index < -0.39 is 15.8 Å². The molecular formula is C20H18Cl2FN5O2S. The molecule has 1 aromatic carbocycles. The van der Waals surface area contributed by atoms with Crippen molar-refractivity contribution in [3.63, 3.8) is 0 Å². The monoisotopic (exact) mass is 481 g/mol. The summed E-state index contributed by atoms with van der Waals surface area (Å²) < 4.78 is 42.1. The van der Waals surface area contributed by atoms with E-state index in [4.69, 9.17) is 23.2 Å². The zero-order valence-corrected chi connectivity index (χ0v) is 18.5. The molecule has 1 aliphatic heterocycles. The van der Waals surface area contributed by atoms with Crippen LogP contribution in [-0.2, 0) is 10.0 Å². The Labute approximate surface area is 189 Å². The number of halogens is 3. The first-order valence-corrected chi connectivity index (χ1v) is 11.7. The molecule has 2 N–H and O–H groups in total. The third-order valence-corrected chi connectivity index (χ3v) is 6.66. The maximum atomic E-state index is 13.9. The number of anilines is 2. The van der Waals surface area contributed by atoms with Crippen molar-refractivity contribution in [1.29, 1.82) is 0 Å². The summed E-state index contributed by atoms with van der Waals surface area (Å²) in [5.41, 5.74) is 0.417. The van der Waals surface area contributed by atoms with Crippen molar-refractivity contribution in [2.24, 2.45) is 0 Å². The molecule has 0 atom stereocenters. The van der Waals surface area contributed by atoms with Crippen LogP contribution in [0.15, 0.2) is 53.6 Å². The lowest BCUT2D eigenvalue weighted by atomic mass is 10.1. The van der Waals surface area contributed by atoms with Crippen molar-refractivity contribution in [3.05, 3.63) is 64.4 Å². The Morgan fingerprint density at radius 1 is 1.00 bits per heavy atom. The third-order valence-electron chi connectivity index (χ3n) is 4.72. The van der Waals surface area contributed by atoms with Gasteiger partial charge in [-0.25, -0.2) is 14.4 Å². The topological polar surface area (TPSA) is 87.2 Å². The Balaban J connectivity index is 1.64. The second-order valence-electron chi connectivity index (χ2n) is 6.80. The zero-order chi connectivity index (χ0) is 22.0. The number of nitrogens with one attached hydrogen (secondary N) is 2. The third kappa shape index (κ3) is 4.74. The number of benzene rings is 1. The van der Waals surface area contributed by atoms with E-state index in [2.05, 4.69) is 20.0 Å². The minimum atomic E-state index is -4.02. The number of aromatic nitrogens is 2. The van der Waals surface area contributed by atoms with Crippen molar-refractivity contribution in [2.75, 3.05) is 35.8 Å². The highest BCUT2D eigenvalue weighted by atomic mass is 35.5. The molecule has 0 radical (unpaired) electrons. The van der Waals surface area contributed by atoms with E-state index in [1.165, 1.54) is 30.3 Å². The van der Waals surface area contributed by atoms with Crippen LogP contribution in [0.3, 0.4) is 0 Å². The van der Waals surface area contributed by atoms with E-state index in [0.29, 0.717) is 5.82 Å². The van der Waals surface area contributed by atoms with Crippen molar-refractivity contribution in [2.45, 2.75) is 5.03 Å². The highest BCUT2D eigenvalue weighted by Gasteiger charge is 2.21. The van der Waals surface area contributed by atoms with Crippen LogP contribution in [0, 0.1) is 5.82 Å². The summed E-state index contributed by atoms with van der Waals surface area (Å²) in [5.74, 6) is -0.0354. The second-order valence-corrected chi connectivity index (χ2v) is 9.22. The summed E-state index contributed by atoms with van der Waals surface area (Å²) in [6.45, 7) is 3.08. The van der Waals surface area contributed by atoms with Crippen molar-refractivity contribution < 1.29 is 12.8 Å². The summed E-state index contributed by atoms with van der Waals surface area (Å²) in [7, 11) is -4.02. The molecule has 0 bridgehead atoms. The van der Waals surface area contributed by atoms with Crippen molar-refractivity contribution in [3.8, 4) is 11.3 Å². The minimum Gasteiger partial charge on any atom is -0.354 e. The lowest BCUT2D eigenvalue weighted by Gasteiger charge is -2.28. The van der Waals surface area contributed by atoms with Crippen LogP contribution in [0.2, 0.25) is 10.0 Å². The Morgan fingerprint density at radius 2 is 1.74 bits per heavy atom. The molecule has 1 aliphatic rings. The first-order chi connectivity index (χ1) is 14.8. The van der Waals surface area contributed by atoms with E-state index in [0.717, 1.165) is 26.2 Å². The molecule has 7 nitrogen and oxygen atoms in total. The molecular weight excluding hydrogens is 464 g/mol. The Bertz CT molecular complexity index is 1220. The van der Waals surface area contributed by atoms with Crippen LogP contribution in [-0.4, -0.2) is 44.6 Å². The number of hydrogen-bond donors (Lipinski definition) is 2. The lowest BCUT2D eigenvalue weighted by Crippen LogP contribution is -2.44. The number of hydrogen-bond acceptors (Lipinski definition) is 6. The normalized spacial score (nSPS) is 14.5. The number of pyridine rings is 2. The van der Waals surface area contributed by atoms with Gasteiger partial charge < -0.3 is 10.2 Å². The predicted octanol–water partition coefficient (Wildman–Crippen LogP) is 3.80. The van der Waals surface area contributed by atoms with Crippen LogP contribution >= 0.6 is 23.2 Å². The van der Waals surface area contributed by atoms with Crippen molar-refractivity contribution in [1.82, 2.24) is 15.3 Å². The summed E-state index contributed by atoms with van der Waals surface area (Å²) in [6, 6.07) is 11.9. The molecule has 0 amide bonds. The molecule has 162 valence electrons. The maximum Gasteiger partial charge on any atom is 0.280 e. The Hall–Kier alpha value is -2.46. The molecule has 0 saturated carbocycles. The van der Waals surface area contributed by atoms with Gasteiger partial charge in [0.1, 0.15) is 17.5 Å². The van der Waals surface area contributed by atoms with Gasteiger partial charge in [-0.1, -0.05) is 41.4 Å². The van der Waals surface area contributed by atoms with Gasteiger partial charge >= 0.3 is 0 Å². The van der Waals surface area contributed by atoms with Crippen LogP contribution in [0.1, 0.15) is 0 Å². The molecule has 1 fully saturated rings. The largest absolute Gasteiger partial charge is 0.354 e. The molecule has 31 heavy (non-hydrogen) atoms. The zero-order valence-electron chi connectivity index (χ0n) is 16.1. The van der Waals surface area contributed by atoms with Crippen LogP contribution < -0.4 is 14.9 Å². The molecule has 3 heterocycles. The molecule has 3 aromatic rings. The molecule has 4 rings (SSSR count). The van der Waals surface area contributed by atoms with Gasteiger partial charge in [-0.15, -0.1) is 0 Å². The summed E-state index contributed by atoms with van der Waals surface area (Å²) >= 11 is 12.2. The van der Waals surface area contributed by atoms with E-state index in [1.54, 1.807) is 18.2 Å². The number of nitrogens with zero attached hydrogens (tertiary/aromatic N) is 3. The number of piperazine rings is 1. The SMILES string of the molecule is O=S(=O)(Nc1ccc(Cl)c(-c2cccc(F)c2Cl)n1)c1cccc(N2CCNCC2)n1. The van der Waals surface area contributed by atoms with Gasteiger partial charge in [0.15, 0.2) is 5.03 Å². The molecule has 11 heteroatoms. The average molecular weight is 482 g/mol. The fraction of sp³-hybridized carbons (Fsp3) is 0.200. The fourth-order valence-electron chi connectivity index (χ4n) is 3.19. The van der Waals surface area contributed by atoms with E-state index >= 15 is 0 Å². The first kappa shape index (κ1) is 21.8. The van der Waals surface area contributed by atoms with Gasteiger partial charge in [0.2, 0.25) is 0 Å². The highest BCUT2D eigenvalue weighted by Crippen LogP contribution is 2.34. The number of sulfonamides is 1. The van der Waals surface area contributed by atoms with Gasteiger partial charge in [-0.3, -0.25) is 4.72 Å². The van der Waals surface area contributed by atoms with Gasteiger partial charge in [0.25, 0.3) is 10.0 Å². The fourth-order valence-corrected chi connectivity index (χ4v) is 4.58. The van der Waals surface area contributed by atoms with Gasteiger partial charge in [-0.2, -0.15) is 8.42 Å². The highest BCUT2D eigenvalue weighted by molar-refractivity contribution is 7.92. The predicted molar refractivity (Wildman–Crippen MR) is 120 cm³/mol. The smallest absolute Gasteiger partial charge is 0.280 e. The Morgan fingerprint density at radius 3 is 2.52 bits per heavy atom. The minimum absolute atomic E-state index is 0.00843. The summed E-state index contributed by atoms with van der Waals surface area (Å²) in [5, 5.41) is 3.16. The quantitative estimate of drug-likeness (QED) is 0.576. The lowest BCUT2D eigenvalue weighted by molar-refractivity contribution is 0.580. The molecule has 0 spiro atoms. The number of rotatable bonds is 5. The van der Waals surface area contributed by atoms with Crippen LogP contribution in [0.4, 0.5) is 16.0 Å². The average Bonchev–Trinajstić information content (AvgIpc) is 2.78. The van der Waals surface area contributed by atoms with Gasteiger partial charge in [0, 0.05) is 31.7 Å². The molecule has 0 unspecified atom stereocenters. The summed E-state index contributed by atoms with van der Waals surface area (Å²) in [4.78, 5) is 10.6. The molecule has 2 aromatic heterocycles. The maximum absolute atomic E-state index is 13.9. The van der Waals surface area contributed by atoms with E-state index in [-0.39, 0.29) is 32.1 Å². The molecule has 0 aliphatic carbocycles. The molecule has 1 saturated heterocycles. The van der Waals surface area contributed by atoms with Crippen LogP contribution in [0.25, 0.3) is 11.3 Å².